The monoisotopic (exact) mass is 298 g/mol. The number of sulfonamides is 1. The Labute approximate surface area is 118 Å². The van der Waals surface area contributed by atoms with E-state index < -0.39 is 16.1 Å². The molecule has 1 aliphatic heterocycles. The van der Waals surface area contributed by atoms with Crippen molar-refractivity contribution >= 4 is 15.9 Å². The lowest BCUT2D eigenvalue weighted by Gasteiger charge is -2.16. The van der Waals surface area contributed by atoms with Crippen LogP contribution in [-0.2, 0) is 10.0 Å². The van der Waals surface area contributed by atoms with E-state index in [0.717, 1.165) is 4.31 Å². The van der Waals surface area contributed by atoms with E-state index >= 15 is 0 Å². The summed E-state index contributed by atoms with van der Waals surface area (Å²) in [5.74, 6) is -0.185. The Kier molecular flexibility index (Phi) is 4.12. The lowest BCUT2D eigenvalue weighted by molar-refractivity contribution is 0.0765. The molecule has 0 bridgehead atoms. The topological polar surface area (TPSA) is 77.9 Å². The number of aliphatic hydroxyl groups is 1. The van der Waals surface area contributed by atoms with E-state index in [0.29, 0.717) is 25.1 Å². The first kappa shape index (κ1) is 15.0. The van der Waals surface area contributed by atoms with Crippen LogP contribution in [0.15, 0.2) is 29.2 Å². The van der Waals surface area contributed by atoms with Crippen LogP contribution < -0.4 is 0 Å². The molecule has 1 fully saturated rings. The first-order chi connectivity index (χ1) is 9.32. The van der Waals surface area contributed by atoms with Crippen LogP contribution in [-0.4, -0.2) is 61.9 Å². The number of rotatable bonds is 3. The van der Waals surface area contributed by atoms with E-state index in [1.165, 1.54) is 38.4 Å². The maximum Gasteiger partial charge on any atom is 0.253 e. The number of carbonyl (C=O) groups excluding carboxylic acids is 1. The molecule has 1 atom stereocenters. The van der Waals surface area contributed by atoms with Crippen molar-refractivity contribution < 1.29 is 18.3 Å². The van der Waals surface area contributed by atoms with E-state index in [1.807, 2.05) is 0 Å². The Morgan fingerprint density at radius 2 is 1.90 bits per heavy atom. The largest absolute Gasteiger partial charge is 0.391 e. The fourth-order valence-electron chi connectivity index (χ4n) is 2.09. The van der Waals surface area contributed by atoms with Gasteiger partial charge in [-0.15, -0.1) is 0 Å². The van der Waals surface area contributed by atoms with Crippen LogP contribution >= 0.6 is 0 Å². The van der Waals surface area contributed by atoms with Gasteiger partial charge in [-0.25, -0.2) is 12.7 Å². The summed E-state index contributed by atoms with van der Waals surface area (Å²) in [5.41, 5.74) is 0.428. The molecule has 0 aromatic heterocycles. The van der Waals surface area contributed by atoms with Crippen molar-refractivity contribution in [2.45, 2.75) is 17.4 Å². The van der Waals surface area contributed by atoms with Crippen LogP contribution in [0, 0.1) is 0 Å². The van der Waals surface area contributed by atoms with Gasteiger partial charge in [0.25, 0.3) is 5.91 Å². The van der Waals surface area contributed by atoms with Gasteiger partial charge in [-0.2, -0.15) is 0 Å². The molecule has 1 N–H and O–H groups in total. The van der Waals surface area contributed by atoms with E-state index in [2.05, 4.69) is 0 Å². The van der Waals surface area contributed by atoms with Gasteiger partial charge >= 0.3 is 0 Å². The second-order valence-electron chi connectivity index (χ2n) is 5.01. The molecule has 0 radical (unpaired) electrons. The molecule has 6 nitrogen and oxygen atoms in total. The molecule has 2 rings (SSSR count). The highest BCUT2D eigenvalue weighted by Crippen LogP contribution is 2.17. The Bertz CT molecular complexity index is 595. The van der Waals surface area contributed by atoms with E-state index in [9.17, 15) is 18.3 Å². The van der Waals surface area contributed by atoms with Crippen molar-refractivity contribution in [2.75, 3.05) is 27.2 Å². The molecule has 0 aliphatic carbocycles. The van der Waals surface area contributed by atoms with Crippen LogP contribution in [0.3, 0.4) is 0 Å². The Morgan fingerprint density at radius 3 is 2.35 bits per heavy atom. The van der Waals surface area contributed by atoms with Gasteiger partial charge in [0.05, 0.1) is 11.0 Å². The predicted molar refractivity (Wildman–Crippen MR) is 73.8 cm³/mol. The summed E-state index contributed by atoms with van der Waals surface area (Å²) in [6.07, 6.45) is 0.117. The zero-order chi connectivity index (χ0) is 14.9. The minimum atomic E-state index is -3.48. The molecule has 1 aromatic carbocycles. The fourth-order valence-corrected chi connectivity index (χ4v) is 2.99. The smallest absolute Gasteiger partial charge is 0.253 e. The molecule has 20 heavy (non-hydrogen) atoms. The molecule has 7 heteroatoms. The van der Waals surface area contributed by atoms with Gasteiger partial charge in [0.1, 0.15) is 0 Å². The third kappa shape index (κ3) is 2.84. The van der Waals surface area contributed by atoms with Crippen molar-refractivity contribution in [3.05, 3.63) is 29.8 Å². The number of carbonyl (C=O) groups is 1. The number of β-amino-alcohol motifs (C(OH)–C–C–N with tert-alkyl or cyclic N) is 1. The normalized spacial score (nSPS) is 19.6. The molecule has 1 aliphatic rings. The second kappa shape index (κ2) is 5.51. The summed E-state index contributed by atoms with van der Waals surface area (Å²) in [5, 5.41) is 9.43. The van der Waals surface area contributed by atoms with Gasteiger partial charge in [-0.3, -0.25) is 4.79 Å². The van der Waals surface area contributed by atoms with Crippen molar-refractivity contribution in [3.8, 4) is 0 Å². The van der Waals surface area contributed by atoms with Gasteiger partial charge in [0.15, 0.2) is 0 Å². The van der Waals surface area contributed by atoms with Gasteiger partial charge in [-0.05, 0) is 30.7 Å². The van der Waals surface area contributed by atoms with Crippen molar-refractivity contribution in [1.82, 2.24) is 9.21 Å². The maximum atomic E-state index is 12.1. The molecule has 0 saturated carbocycles. The summed E-state index contributed by atoms with van der Waals surface area (Å²) in [4.78, 5) is 13.9. The highest BCUT2D eigenvalue weighted by molar-refractivity contribution is 7.89. The summed E-state index contributed by atoms with van der Waals surface area (Å²) in [6, 6.07) is 5.86. The van der Waals surface area contributed by atoms with Gasteiger partial charge < -0.3 is 10.0 Å². The molecule has 1 amide bonds. The molecule has 110 valence electrons. The van der Waals surface area contributed by atoms with E-state index in [4.69, 9.17) is 0 Å². The molecule has 0 spiro atoms. The number of benzene rings is 1. The van der Waals surface area contributed by atoms with Crippen LogP contribution in [0.4, 0.5) is 0 Å². The summed E-state index contributed by atoms with van der Waals surface area (Å²) >= 11 is 0. The molecular weight excluding hydrogens is 280 g/mol. The van der Waals surface area contributed by atoms with Gasteiger partial charge in [-0.1, -0.05) is 0 Å². The van der Waals surface area contributed by atoms with Crippen molar-refractivity contribution in [2.24, 2.45) is 0 Å². The highest BCUT2D eigenvalue weighted by atomic mass is 32.2. The number of likely N-dealkylation sites (tertiary alicyclic amines) is 1. The van der Waals surface area contributed by atoms with Crippen LogP contribution in [0.5, 0.6) is 0 Å². The number of hydrogen-bond acceptors (Lipinski definition) is 4. The quantitative estimate of drug-likeness (QED) is 0.861. The average molecular weight is 298 g/mol. The highest BCUT2D eigenvalue weighted by Gasteiger charge is 2.25. The Hall–Kier alpha value is -1.44. The third-order valence-corrected chi connectivity index (χ3v) is 5.16. The third-order valence-electron chi connectivity index (χ3n) is 3.33. The molecular formula is C13H18N2O4S. The van der Waals surface area contributed by atoms with Gasteiger partial charge in [0.2, 0.25) is 10.0 Å². The molecule has 1 aromatic rings. The summed E-state index contributed by atoms with van der Waals surface area (Å²) in [6.45, 7) is 0.855. The number of aliphatic hydroxyl groups excluding tert-OH is 1. The van der Waals surface area contributed by atoms with Crippen LogP contribution in [0.25, 0.3) is 0 Å². The average Bonchev–Trinajstić information content (AvgIpc) is 2.84. The molecule has 1 saturated heterocycles. The van der Waals surface area contributed by atoms with Gasteiger partial charge in [0, 0.05) is 32.7 Å². The Balaban J connectivity index is 2.19. The second-order valence-corrected chi connectivity index (χ2v) is 7.16. The van der Waals surface area contributed by atoms with E-state index in [-0.39, 0.29) is 10.8 Å². The zero-order valence-electron chi connectivity index (χ0n) is 11.5. The first-order valence-corrected chi connectivity index (χ1v) is 7.76. The van der Waals surface area contributed by atoms with E-state index in [1.54, 1.807) is 4.90 Å². The minimum absolute atomic E-state index is 0.153. The SMILES string of the molecule is CN(C)S(=O)(=O)c1ccc(C(=O)N2CC[C@@H](O)C2)cc1. The Morgan fingerprint density at radius 1 is 1.30 bits per heavy atom. The zero-order valence-corrected chi connectivity index (χ0v) is 12.3. The van der Waals surface area contributed by atoms with Crippen LogP contribution in [0.1, 0.15) is 16.8 Å². The van der Waals surface area contributed by atoms with Crippen molar-refractivity contribution in [3.63, 3.8) is 0 Å². The summed E-state index contributed by atoms with van der Waals surface area (Å²) < 4.78 is 24.9. The summed E-state index contributed by atoms with van der Waals surface area (Å²) in [7, 11) is -0.562. The fraction of sp³-hybridized carbons (Fsp3) is 0.462. The molecule has 0 unspecified atom stereocenters. The predicted octanol–water partition coefficient (Wildman–Crippen LogP) is 0.144. The number of hydrogen-bond donors (Lipinski definition) is 1. The van der Waals surface area contributed by atoms with Crippen LogP contribution in [0.2, 0.25) is 0 Å². The van der Waals surface area contributed by atoms with Crippen molar-refractivity contribution in [1.29, 1.82) is 0 Å². The maximum absolute atomic E-state index is 12.1. The first-order valence-electron chi connectivity index (χ1n) is 6.32. The number of amides is 1. The molecule has 1 heterocycles. The lowest BCUT2D eigenvalue weighted by atomic mass is 10.2. The minimum Gasteiger partial charge on any atom is -0.391 e. The standard InChI is InChI=1S/C13H18N2O4S/c1-14(2)20(18,19)12-5-3-10(4-6-12)13(17)15-8-7-11(16)9-15/h3-6,11,16H,7-9H2,1-2H3/t11-/m1/s1. The lowest BCUT2D eigenvalue weighted by Crippen LogP contribution is -2.29. The number of nitrogens with zero attached hydrogens (tertiary/aromatic N) is 2.